The van der Waals surface area contributed by atoms with Crippen molar-refractivity contribution < 1.29 is 32.7 Å². The Labute approximate surface area is 259 Å². The second-order valence-electron chi connectivity index (χ2n) is 11.2. The number of aliphatic carboxylic acids is 1. The summed E-state index contributed by atoms with van der Waals surface area (Å²) in [6.45, 7) is 2.02. The number of halogens is 3. The Morgan fingerprint density at radius 3 is 1.84 bits per heavy atom. The smallest absolute Gasteiger partial charge is 0.416 e. The van der Waals surface area contributed by atoms with Crippen LogP contribution in [-0.4, -0.2) is 52.3 Å². The molecule has 9 heteroatoms. The molecule has 2 N–H and O–H groups in total. The lowest BCUT2D eigenvalue weighted by atomic mass is 9.94. The van der Waals surface area contributed by atoms with Crippen molar-refractivity contribution >= 4 is 17.7 Å². The van der Waals surface area contributed by atoms with E-state index in [-0.39, 0.29) is 17.8 Å². The number of hydrogen-bond donors (Lipinski definition) is 2. The van der Waals surface area contributed by atoms with E-state index in [0.29, 0.717) is 29.7 Å². The van der Waals surface area contributed by atoms with Crippen LogP contribution in [0.1, 0.15) is 41.3 Å². The normalized spacial score (nSPS) is 16.1. The number of nitrogens with one attached hydrogen (secondary N) is 1. The third-order valence-corrected chi connectivity index (χ3v) is 8.22. The molecule has 0 bridgehead atoms. The predicted octanol–water partition coefficient (Wildman–Crippen LogP) is 6.89. The molecule has 4 aromatic rings. The summed E-state index contributed by atoms with van der Waals surface area (Å²) < 4.78 is 39.0. The molecule has 1 unspecified atom stereocenters. The number of nitrogens with zero attached hydrogens (tertiary/aromatic N) is 1. The Morgan fingerprint density at radius 1 is 0.822 bits per heavy atom. The fraction of sp³-hybridized carbons (Fsp3) is 0.250. The van der Waals surface area contributed by atoms with E-state index in [9.17, 15) is 32.7 Å². The van der Waals surface area contributed by atoms with Gasteiger partial charge in [0.15, 0.2) is 5.78 Å². The molecule has 1 fully saturated rings. The van der Waals surface area contributed by atoms with Gasteiger partial charge >= 0.3 is 12.1 Å². The molecule has 0 radical (unpaired) electrons. The number of hydrogen-bond acceptors (Lipinski definition) is 4. The Kier molecular flexibility index (Phi) is 9.48. The maximum Gasteiger partial charge on any atom is 0.416 e. The highest BCUT2D eigenvalue weighted by atomic mass is 19.4. The van der Waals surface area contributed by atoms with E-state index in [4.69, 9.17) is 0 Å². The van der Waals surface area contributed by atoms with Gasteiger partial charge in [0.05, 0.1) is 5.56 Å². The minimum absolute atomic E-state index is 0.0176. The lowest BCUT2D eigenvalue weighted by Gasteiger charge is -2.38. The zero-order chi connectivity index (χ0) is 32.1. The van der Waals surface area contributed by atoms with Crippen molar-refractivity contribution in [1.29, 1.82) is 0 Å². The molecule has 232 valence electrons. The van der Waals surface area contributed by atoms with Gasteiger partial charge in [0.1, 0.15) is 12.1 Å². The predicted molar refractivity (Wildman–Crippen MR) is 166 cm³/mol. The first kappa shape index (κ1) is 31.7. The second kappa shape index (κ2) is 13.5. The van der Waals surface area contributed by atoms with Crippen LogP contribution in [-0.2, 0) is 22.2 Å². The third kappa shape index (κ3) is 7.32. The van der Waals surface area contributed by atoms with Crippen LogP contribution in [0.4, 0.5) is 13.2 Å². The van der Waals surface area contributed by atoms with Gasteiger partial charge in [-0.25, -0.2) is 4.79 Å². The van der Waals surface area contributed by atoms with Gasteiger partial charge in [-0.05, 0) is 78.4 Å². The number of carboxylic acids is 1. The first-order valence-electron chi connectivity index (χ1n) is 14.7. The van der Waals surface area contributed by atoms with Crippen molar-refractivity contribution in [3.8, 4) is 22.3 Å². The molecule has 5 rings (SSSR count). The summed E-state index contributed by atoms with van der Waals surface area (Å²) in [6, 6.07) is 25.4. The molecule has 1 aliphatic rings. The summed E-state index contributed by atoms with van der Waals surface area (Å²) in [7, 11) is 0. The van der Waals surface area contributed by atoms with Gasteiger partial charge in [-0.1, -0.05) is 78.9 Å². The molecule has 0 saturated carbocycles. The first-order valence-corrected chi connectivity index (χ1v) is 14.7. The molecule has 0 aromatic heterocycles. The van der Waals surface area contributed by atoms with Crippen molar-refractivity contribution in [1.82, 2.24) is 10.2 Å². The average molecular weight is 615 g/mol. The molecule has 45 heavy (non-hydrogen) atoms. The largest absolute Gasteiger partial charge is 0.480 e. The van der Waals surface area contributed by atoms with Crippen molar-refractivity contribution in [2.24, 2.45) is 0 Å². The number of amides is 1. The number of alkyl halides is 3. The minimum Gasteiger partial charge on any atom is -0.480 e. The van der Waals surface area contributed by atoms with Gasteiger partial charge in [0.2, 0.25) is 0 Å². The summed E-state index contributed by atoms with van der Waals surface area (Å²) >= 11 is 0. The summed E-state index contributed by atoms with van der Waals surface area (Å²) in [4.78, 5) is 41.3. The van der Waals surface area contributed by atoms with Crippen LogP contribution in [0.15, 0.2) is 103 Å². The lowest BCUT2D eigenvalue weighted by molar-refractivity contribution is -0.144. The van der Waals surface area contributed by atoms with Gasteiger partial charge in [-0.15, -0.1) is 0 Å². The van der Waals surface area contributed by atoms with Crippen molar-refractivity contribution in [2.45, 2.75) is 50.5 Å². The molecule has 1 saturated heterocycles. The molecular formula is C36H33F3N2O4. The van der Waals surface area contributed by atoms with Crippen LogP contribution in [0.25, 0.3) is 22.3 Å². The van der Waals surface area contributed by atoms with E-state index in [2.05, 4.69) is 5.32 Å². The number of carbonyl (C=O) groups excluding carboxylic acids is 2. The van der Waals surface area contributed by atoms with Crippen LogP contribution >= 0.6 is 0 Å². The Balaban J connectivity index is 1.46. The maximum absolute atomic E-state index is 14.2. The van der Waals surface area contributed by atoms with Gasteiger partial charge in [0, 0.05) is 18.0 Å². The Morgan fingerprint density at radius 2 is 1.36 bits per heavy atom. The summed E-state index contributed by atoms with van der Waals surface area (Å²) in [5, 5.41) is 13.7. The average Bonchev–Trinajstić information content (AvgIpc) is 3.57. The van der Waals surface area contributed by atoms with Crippen molar-refractivity contribution in [2.75, 3.05) is 6.54 Å². The van der Waals surface area contributed by atoms with Crippen LogP contribution in [0.3, 0.4) is 0 Å². The molecule has 0 aliphatic carbocycles. The van der Waals surface area contributed by atoms with E-state index in [0.717, 1.165) is 29.7 Å². The zero-order valence-electron chi connectivity index (χ0n) is 24.6. The molecule has 1 amide bonds. The van der Waals surface area contributed by atoms with Crippen LogP contribution < -0.4 is 5.32 Å². The fourth-order valence-electron chi connectivity index (χ4n) is 5.91. The number of ketones is 1. The highest BCUT2D eigenvalue weighted by Crippen LogP contribution is 2.31. The topological polar surface area (TPSA) is 86.7 Å². The highest BCUT2D eigenvalue weighted by Gasteiger charge is 2.42. The van der Waals surface area contributed by atoms with Crippen LogP contribution in [0, 0.1) is 0 Å². The molecule has 1 aliphatic heterocycles. The lowest BCUT2D eigenvalue weighted by Crippen LogP contribution is -2.60. The zero-order valence-corrected chi connectivity index (χ0v) is 24.6. The van der Waals surface area contributed by atoms with Crippen molar-refractivity contribution in [3.05, 3.63) is 120 Å². The maximum atomic E-state index is 14.2. The van der Waals surface area contributed by atoms with Gasteiger partial charge < -0.3 is 15.3 Å². The minimum atomic E-state index is -4.45. The van der Waals surface area contributed by atoms with Crippen molar-refractivity contribution in [3.63, 3.8) is 0 Å². The quantitative estimate of drug-likeness (QED) is 0.203. The number of Topliss-reactive ketones (excluding diaryl/α,β-unsaturated/α-hetero) is 1. The highest BCUT2D eigenvalue weighted by molar-refractivity contribution is 6.00. The number of carboxylic acid groups (broad SMARTS) is 1. The Bertz CT molecular complexity index is 1630. The molecular weight excluding hydrogens is 581 g/mol. The molecule has 4 aromatic carbocycles. The fourth-order valence-corrected chi connectivity index (χ4v) is 5.91. The van der Waals surface area contributed by atoms with E-state index in [1.165, 1.54) is 36.1 Å². The van der Waals surface area contributed by atoms with E-state index in [1.807, 2.05) is 54.6 Å². The van der Waals surface area contributed by atoms with Gasteiger partial charge in [0.25, 0.3) is 5.91 Å². The van der Waals surface area contributed by atoms with Crippen LogP contribution in [0.5, 0.6) is 0 Å². The standard InChI is InChI=1S/C36H33F3N2O4/c1-23(42)33(31-8-5-21-40-31)41(32(35(44)45)22-24-9-11-26(12-10-24)25-6-3-2-4-7-25)34(43)29-15-13-27(14-16-29)28-17-19-30(20-18-28)36(37,38)39/h2-4,6-7,9-20,31-33,40H,5,8,21-22H2,1H3,(H,44,45)/t31-,32+,33?/m1/s1. The second-order valence-corrected chi connectivity index (χ2v) is 11.2. The number of carbonyl (C=O) groups is 3. The third-order valence-electron chi connectivity index (χ3n) is 8.22. The van der Waals surface area contributed by atoms with Gasteiger partial charge in [-0.2, -0.15) is 13.2 Å². The van der Waals surface area contributed by atoms with E-state index < -0.39 is 41.7 Å². The summed E-state index contributed by atoms with van der Waals surface area (Å²) in [5.74, 6) is -2.17. The molecule has 0 spiro atoms. The number of benzene rings is 4. The van der Waals surface area contributed by atoms with Gasteiger partial charge in [-0.3, -0.25) is 9.59 Å². The monoisotopic (exact) mass is 614 g/mol. The number of rotatable bonds is 10. The van der Waals surface area contributed by atoms with Crippen LogP contribution in [0.2, 0.25) is 0 Å². The molecule has 3 atom stereocenters. The SMILES string of the molecule is CC(=O)C([C@H]1CCCN1)N(C(=O)c1ccc(-c2ccc(C(F)(F)F)cc2)cc1)[C@@H](Cc1ccc(-c2ccccc2)cc1)C(=O)O. The van der Waals surface area contributed by atoms with E-state index in [1.54, 1.807) is 12.1 Å². The molecule has 6 nitrogen and oxygen atoms in total. The first-order chi connectivity index (χ1) is 21.5. The van der Waals surface area contributed by atoms with E-state index >= 15 is 0 Å². The molecule has 1 heterocycles. The summed E-state index contributed by atoms with van der Waals surface area (Å²) in [6.07, 6.45) is -3.07. The summed E-state index contributed by atoms with van der Waals surface area (Å²) in [5.41, 5.74) is 3.18. The Hall–Kier alpha value is -4.76.